The third kappa shape index (κ3) is 15.0. The van der Waals surface area contributed by atoms with Crippen LogP contribution in [-0.4, -0.2) is 196 Å². The van der Waals surface area contributed by atoms with Gasteiger partial charge in [-0.15, -0.1) is 0 Å². The van der Waals surface area contributed by atoms with Crippen LogP contribution in [0.15, 0.2) is 0 Å². The summed E-state index contributed by atoms with van der Waals surface area (Å²) in [5, 5.41) is 86.1. The Morgan fingerprint density at radius 3 is 1.48 bits per heavy atom. The summed E-state index contributed by atoms with van der Waals surface area (Å²) >= 11 is 0. The van der Waals surface area contributed by atoms with Gasteiger partial charge in [0.25, 0.3) is 0 Å². The zero-order chi connectivity index (χ0) is 37.2. The monoisotopic (exact) mass is 726 g/mol. The first kappa shape index (κ1) is 43.7. The van der Waals surface area contributed by atoms with E-state index in [0.29, 0.717) is 25.8 Å². The van der Waals surface area contributed by atoms with Crippen molar-refractivity contribution in [3.05, 3.63) is 0 Å². The lowest BCUT2D eigenvalue weighted by molar-refractivity contribution is -0.301. The lowest BCUT2D eigenvalue weighted by atomic mass is 9.99. The van der Waals surface area contributed by atoms with Crippen LogP contribution in [0, 0.1) is 0 Å². The molecule has 20 heteroatoms. The van der Waals surface area contributed by atoms with Gasteiger partial charge in [0.15, 0.2) is 12.6 Å². The van der Waals surface area contributed by atoms with E-state index in [1.807, 2.05) is 0 Å². The fraction of sp³-hybridized carbons (Fsp3) is 0.867. The maximum absolute atomic E-state index is 12.7. The van der Waals surface area contributed by atoms with Gasteiger partial charge in [0.1, 0.15) is 54.6 Å². The SMILES string of the molecule is CC(=O)CCCCCNC(=O)CN(CC(=O)NCCCO[C@H]1O[C@H](CO)[C@@H](O)[C@H](O)[C@@H]1O)CC(=O)NCCO[C@H]1O[C@H](CO)[C@@H](O)[C@H](O)[C@@H]1O. The van der Waals surface area contributed by atoms with Crippen molar-refractivity contribution in [2.45, 2.75) is 100 Å². The molecule has 50 heavy (non-hydrogen) atoms. The molecule has 0 unspecified atom stereocenters. The molecule has 0 saturated carbocycles. The molecule has 0 aromatic rings. The Hall–Kier alpha value is -2.44. The molecule has 0 spiro atoms. The number of nitrogens with one attached hydrogen (secondary N) is 3. The van der Waals surface area contributed by atoms with Crippen molar-refractivity contribution in [2.24, 2.45) is 0 Å². The first-order chi connectivity index (χ1) is 23.8. The van der Waals surface area contributed by atoms with E-state index in [-0.39, 0.29) is 58.1 Å². The van der Waals surface area contributed by atoms with Crippen LogP contribution >= 0.6 is 0 Å². The van der Waals surface area contributed by atoms with Crippen molar-refractivity contribution in [1.29, 1.82) is 0 Å². The Kier molecular flexibility index (Phi) is 20.3. The van der Waals surface area contributed by atoms with Gasteiger partial charge in [-0.1, -0.05) is 6.42 Å². The van der Waals surface area contributed by atoms with Gasteiger partial charge < -0.3 is 80.5 Å². The number of Topliss-reactive ketones (excluding diaryl/α,β-unsaturated/α-hetero) is 1. The number of ketones is 1. The number of amides is 3. The highest BCUT2D eigenvalue weighted by Gasteiger charge is 2.45. The van der Waals surface area contributed by atoms with Gasteiger partial charge in [0.2, 0.25) is 17.7 Å². The lowest BCUT2D eigenvalue weighted by Gasteiger charge is -2.39. The normalized spacial score (nSPS) is 29.8. The second-order valence-electron chi connectivity index (χ2n) is 12.2. The third-order valence-electron chi connectivity index (χ3n) is 7.96. The second-order valence-corrected chi connectivity index (χ2v) is 12.2. The van der Waals surface area contributed by atoms with E-state index in [4.69, 9.17) is 18.9 Å². The van der Waals surface area contributed by atoms with E-state index in [2.05, 4.69) is 16.0 Å². The summed E-state index contributed by atoms with van der Waals surface area (Å²) in [4.78, 5) is 50.4. The van der Waals surface area contributed by atoms with Crippen LogP contribution in [0.2, 0.25) is 0 Å². The van der Waals surface area contributed by atoms with Crippen LogP contribution in [0.3, 0.4) is 0 Å². The summed E-state index contributed by atoms with van der Waals surface area (Å²) in [5.74, 6) is -1.44. The van der Waals surface area contributed by atoms with E-state index >= 15 is 0 Å². The Morgan fingerprint density at radius 2 is 1.02 bits per heavy atom. The summed E-state index contributed by atoms with van der Waals surface area (Å²) in [6, 6.07) is 0. The van der Waals surface area contributed by atoms with E-state index in [9.17, 15) is 60.0 Å². The quantitative estimate of drug-likeness (QED) is 0.0437. The van der Waals surface area contributed by atoms with Gasteiger partial charge in [-0.25, -0.2) is 0 Å². The van der Waals surface area contributed by atoms with Crippen molar-refractivity contribution in [3.63, 3.8) is 0 Å². The van der Waals surface area contributed by atoms with Crippen LogP contribution in [-0.2, 0) is 38.1 Å². The highest BCUT2D eigenvalue weighted by atomic mass is 16.7. The van der Waals surface area contributed by atoms with Gasteiger partial charge >= 0.3 is 0 Å². The molecular weight excluding hydrogens is 672 g/mol. The van der Waals surface area contributed by atoms with Gasteiger partial charge in [0, 0.05) is 26.1 Å². The molecular formula is C30H54N4O16. The van der Waals surface area contributed by atoms with Gasteiger partial charge in [-0.3, -0.25) is 19.3 Å². The molecule has 2 rings (SSSR count). The zero-order valence-electron chi connectivity index (χ0n) is 28.2. The summed E-state index contributed by atoms with van der Waals surface area (Å²) in [6.07, 6.45) is -11.7. The summed E-state index contributed by atoms with van der Waals surface area (Å²) < 4.78 is 21.2. The molecule has 0 aromatic carbocycles. The van der Waals surface area contributed by atoms with Crippen molar-refractivity contribution in [3.8, 4) is 0 Å². The molecule has 11 N–H and O–H groups in total. The molecule has 0 aliphatic carbocycles. The number of aliphatic hydroxyl groups excluding tert-OH is 8. The molecule has 3 amide bonds. The number of unbranched alkanes of at least 4 members (excludes halogenated alkanes) is 2. The number of ether oxygens (including phenoxy) is 4. The number of hydrogen-bond acceptors (Lipinski definition) is 17. The number of carbonyl (C=O) groups excluding carboxylic acids is 4. The minimum atomic E-state index is -1.62. The first-order valence-electron chi connectivity index (χ1n) is 16.6. The zero-order valence-corrected chi connectivity index (χ0v) is 28.2. The lowest BCUT2D eigenvalue weighted by Crippen LogP contribution is -2.59. The Bertz CT molecular complexity index is 1040. The number of carbonyl (C=O) groups is 4. The summed E-state index contributed by atoms with van der Waals surface area (Å²) in [6.45, 7) is -0.602. The van der Waals surface area contributed by atoms with Crippen LogP contribution in [0.1, 0.15) is 39.0 Å². The molecule has 2 fully saturated rings. The maximum atomic E-state index is 12.7. The number of rotatable bonds is 23. The van der Waals surface area contributed by atoms with Gasteiger partial charge in [-0.2, -0.15) is 0 Å². The van der Waals surface area contributed by atoms with E-state index in [1.54, 1.807) is 0 Å². The van der Waals surface area contributed by atoms with Crippen LogP contribution in [0.25, 0.3) is 0 Å². The first-order valence-corrected chi connectivity index (χ1v) is 16.6. The average Bonchev–Trinajstić information content (AvgIpc) is 3.07. The molecule has 2 aliphatic heterocycles. The standard InChI is InChI=1S/C30H54N4O16/c1-17(37)6-3-2-4-7-31-20(38)12-34(14-22(40)33-9-11-48-30-28(46)26(44)24(42)19(16-36)50-30)13-21(39)32-8-5-10-47-29-27(45)25(43)23(41)18(15-35)49-29/h18-19,23-30,35-36,41-46H,2-16H2,1H3,(H,31,38)(H,32,39)(H,33,40)/t18-,19-,23-,24-,25+,26+,27+,28+,29+,30+/m1/s1. The minimum absolute atomic E-state index is 0.0326. The number of nitrogens with zero attached hydrogens (tertiary/aromatic N) is 1. The second kappa shape index (κ2) is 23.2. The molecule has 2 aliphatic rings. The number of aliphatic hydroxyl groups is 8. The van der Waals surface area contributed by atoms with Crippen molar-refractivity contribution in [1.82, 2.24) is 20.9 Å². The molecule has 2 saturated heterocycles. The highest BCUT2D eigenvalue weighted by molar-refractivity contribution is 5.84. The summed E-state index contributed by atoms with van der Waals surface area (Å²) in [5.41, 5.74) is 0. The summed E-state index contributed by atoms with van der Waals surface area (Å²) in [7, 11) is 0. The highest BCUT2D eigenvalue weighted by Crippen LogP contribution is 2.23. The predicted molar refractivity (Wildman–Crippen MR) is 169 cm³/mol. The van der Waals surface area contributed by atoms with Crippen LogP contribution in [0.5, 0.6) is 0 Å². The molecule has 0 bridgehead atoms. The largest absolute Gasteiger partial charge is 0.394 e. The minimum Gasteiger partial charge on any atom is -0.394 e. The Balaban J connectivity index is 1.81. The maximum Gasteiger partial charge on any atom is 0.234 e. The van der Waals surface area contributed by atoms with Crippen molar-refractivity contribution >= 4 is 23.5 Å². The molecule has 2 heterocycles. The van der Waals surface area contributed by atoms with Gasteiger partial charge in [-0.05, 0) is 26.2 Å². The third-order valence-corrected chi connectivity index (χ3v) is 7.96. The fourth-order valence-corrected chi connectivity index (χ4v) is 5.12. The van der Waals surface area contributed by atoms with Crippen LogP contribution in [0.4, 0.5) is 0 Å². The van der Waals surface area contributed by atoms with E-state index < -0.39 is 92.3 Å². The molecule has 20 nitrogen and oxygen atoms in total. The van der Waals surface area contributed by atoms with E-state index in [1.165, 1.54) is 11.8 Å². The van der Waals surface area contributed by atoms with Crippen molar-refractivity contribution in [2.75, 3.05) is 65.7 Å². The topological polar surface area (TPSA) is 306 Å². The predicted octanol–water partition coefficient (Wildman–Crippen LogP) is -6.19. The average molecular weight is 727 g/mol. The fourth-order valence-electron chi connectivity index (χ4n) is 5.12. The molecule has 290 valence electrons. The molecule has 0 aromatic heterocycles. The molecule has 0 radical (unpaired) electrons. The van der Waals surface area contributed by atoms with Crippen LogP contribution < -0.4 is 16.0 Å². The number of hydrogen-bond donors (Lipinski definition) is 11. The van der Waals surface area contributed by atoms with Gasteiger partial charge in [0.05, 0.1) is 46.1 Å². The molecule has 10 atom stereocenters. The van der Waals surface area contributed by atoms with E-state index in [0.717, 1.165) is 6.42 Å². The Labute approximate surface area is 289 Å². The smallest absolute Gasteiger partial charge is 0.234 e. The van der Waals surface area contributed by atoms with Crippen molar-refractivity contribution < 1.29 is 79.0 Å². The Morgan fingerprint density at radius 1 is 0.580 bits per heavy atom.